The van der Waals surface area contributed by atoms with Crippen LogP contribution in [0.25, 0.3) is 54.9 Å². The van der Waals surface area contributed by atoms with Gasteiger partial charge in [-0.25, -0.2) is 0 Å². The van der Waals surface area contributed by atoms with E-state index in [0.717, 1.165) is 6.42 Å². The van der Waals surface area contributed by atoms with Crippen LogP contribution in [-0.2, 0) is 0 Å². The van der Waals surface area contributed by atoms with Gasteiger partial charge in [-0.05, 0) is 98.3 Å². The van der Waals surface area contributed by atoms with Gasteiger partial charge in [0.15, 0.2) is 0 Å². The molecule has 1 unspecified atom stereocenters. The molecule has 0 aromatic heterocycles. The Kier molecular flexibility index (Phi) is 6.34. The average Bonchev–Trinajstić information content (AvgIpc) is 2.97. The van der Waals surface area contributed by atoms with Gasteiger partial charge in [0, 0.05) is 0 Å². The summed E-state index contributed by atoms with van der Waals surface area (Å²) >= 11 is 0. The van der Waals surface area contributed by atoms with Crippen LogP contribution in [0.4, 0.5) is 0 Å². The molecule has 38 heavy (non-hydrogen) atoms. The molecule has 0 fully saturated rings. The van der Waals surface area contributed by atoms with Crippen LogP contribution >= 0.6 is 0 Å². The summed E-state index contributed by atoms with van der Waals surface area (Å²) in [5.74, 6) is 0.479. The second-order valence-electron chi connectivity index (χ2n) is 10.6. The lowest BCUT2D eigenvalue weighted by atomic mass is 9.82. The van der Waals surface area contributed by atoms with Crippen LogP contribution in [0.1, 0.15) is 42.9 Å². The van der Waals surface area contributed by atoms with E-state index in [9.17, 15) is 0 Å². The largest absolute Gasteiger partial charge is 0.0648 e. The van der Waals surface area contributed by atoms with E-state index >= 15 is 0 Å². The van der Waals surface area contributed by atoms with Gasteiger partial charge in [0.25, 0.3) is 0 Å². The molecule has 0 nitrogen and oxygen atoms in total. The highest BCUT2D eigenvalue weighted by Gasteiger charge is 2.18. The number of fused-ring (bicyclic) bond motifs is 3. The standard InChI is InChI=1S/C38H34/c1-5-26(3)32-23-22-31(30-20-18-29(19-21-30)28-16-14-25(2)15-17-28)24-37(32)38-27(4)33-10-6-7-11-34(33)35-12-8-9-13-36(35)38/h6-24,26H,5H2,1-4H3. The Morgan fingerprint density at radius 1 is 0.526 bits per heavy atom. The molecular weight excluding hydrogens is 456 g/mol. The molecule has 0 heterocycles. The molecule has 0 radical (unpaired) electrons. The smallest absolute Gasteiger partial charge is 0.00666 e. The molecule has 0 aliphatic rings. The molecule has 6 rings (SSSR count). The zero-order chi connectivity index (χ0) is 26.2. The lowest BCUT2D eigenvalue weighted by molar-refractivity contribution is 0.735. The van der Waals surface area contributed by atoms with Crippen molar-refractivity contribution in [2.24, 2.45) is 0 Å². The minimum atomic E-state index is 0.479. The average molecular weight is 491 g/mol. The quantitative estimate of drug-likeness (QED) is 0.211. The van der Waals surface area contributed by atoms with Crippen molar-refractivity contribution in [1.82, 2.24) is 0 Å². The maximum atomic E-state index is 2.44. The highest BCUT2D eigenvalue weighted by atomic mass is 14.2. The third kappa shape index (κ3) is 4.21. The summed E-state index contributed by atoms with van der Waals surface area (Å²) in [6.45, 7) is 9.08. The Morgan fingerprint density at radius 3 is 1.61 bits per heavy atom. The van der Waals surface area contributed by atoms with Crippen LogP contribution in [0.15, 0.2) is 115 Å². The lowest BCUT2D eigenvalue weighted by Crippen LogP contribution is -1.99. The number of aryl methyl sites for hydroxylation is 2. The first kappa shape index (κ1) is 24.2. The Balaban J connectivity index is 1.55. The van der Waals surface area contributed by atoms with Gasteiger partial charge < -0.3 is 0 Å². The van der Waals surface area contributed by atoms with E-state index < -0.39 is 0 Å². The first-order valence-electron chi connectivity index (χ1n) is 13.8. The van der Waals surface area contributed by atoms with E-state index in [0.29, 0.717) is 5.92 Å². The zero-order valence-corrected chi connectivity index (χ0v) is 22.8. The van der Waals surface area contributed by atoms with Crippen LogP contribution < -0.4 is 0 Å². The third-order valence-corrected chi connectivity index (χ3v) is 8.26. The molecule has 0 N–H and O–H groups in total. The highest BCUT2D eigenvalue weighted by Crippen LogP contribution is 2.43. The summed E-state index contributed by atoms with van der Waals surface area (Å²) in [5, 5.41) is 5.33. The molecule has 0 bridgehead atoms. The van der Waals surface area contributed by atoms with Crippen molar-refractivity contribution >= 4 is 21.5 Å². The van der Waals surface area contributed by atoms with Crippen molar-refractivity contribution in [1.29, 1.82) is 0 Å². The molecular formula is C38H34. The number of hydrogen-bond donors (Lipinski definition) is 0. The van der Waals surface area contributed by atoms with Crippen molar-refractivity contribution in [2.75, 3.05) is 0 Å². The maximum Gasteiger partial charge on any atom is -0.00666 e. The fraction of sp³-hybridized carbons (Fsp3) is 0.158. The molecule has 6 aromatic carbocycles. The summed E-state index contributed by atoms with van der Waals surface area (Å²) in [6, 6.07) is 42.7. The second-order valence-corrected chi connectivity index (χ2v) is 10.6. The van der Waals surface area contributed by atoms with Crippen LogP contribution in [0.2, 0.25) is 0 Å². The number of hydrogen-bond acceptors (Lipinski definition) is 0. The van der Waals surface area contributed by atoms with Gasteiger partial charge in [0.2, 0.25) is 0 Å². The summed E-state index contributed by atoms with van der Waals surface area (Å²) in [4.78, 5) is 0. The Bertz CT molecular complexity index is 1750. The first-order chi connectivity index (χ1) is 18.5. The molecule has 0 saturated heterocycles. The molecule has 0 aliphatic carbocycles. The van der Waals surface area contributed by atoms with Gasteiger partial charge in [-0.3, -0.25) is 0 Å². The second kappa shape index (κ2) is 9.95. The maximum absolute atomic E-state index is 2.44. The van der Waals surface area contributed by atoms with Crippen molar-refractivity contribution in [3.63, 3.8) is 0 Å². The molecule has 0 aliphatic heterocycles. The normalized spacial score (nSPS) is 12.2. The molecule has 6 aromatic rings. The van der Waals surface area contributed by atoms with Crippen LogP contribution in [0.5, 0.6) is 0 Å². The van der Waals surface area contributed by atoms with Crippen LogP contribution in [-0.4, -0.2) is 0 Å². The van der Waals surface area contributed by atoms with Crippen molar-refractivity contribution in [2.45, 2.75) is 40.0 Å². The third-order valence-electron chi connectivity index (χ3n) is 8.26. The van der Waals surface area contributed by atoms with Gasteiger partial charge in [0.05, 0.1) is 0 Å². The molecule has 0 amide bonds. The van der Waals surface area contributed by atoms with E-state index in [1.54, 1.807) is 0 Å². The summed E-state index contributed by atoms with van der Waals surface area (Å²) in [5.41, 5.74) is 11.8. The van der Waals surface area contributed by atoms with Crippen molar-refractivity contribution in [3.05, 3.63) is 132 Å². The minimum Gasteiger partial charge on any atom is -0.0648 e. The van der Waals surface area contributed by atoms with Gasteiger partial charge in [-0.15, -0.1) is 0 Å². The molecule has 0 saturated carbocycles. The molecule has 0 spiro atoms. The van der Waals surface area contributed by atoms with Crippen molar-refractivity contribution < 1.29 is 0 Å². The minimum absolute atomic E-state index is 0.479. The van der Waals surface area contributed by atoms with Crippen LogP contribution in [0, 0.1) is 13.8 Å². The topological polar surface area (TPSA) is 0 Å². The fourth-order valence-corrected chi connectivity index (χ4v) is 5.87. The van der Waals surface area contributed by atoms with Crippen LogP contribution in [0.3, 0.4) is 0 Å². The van der Waals surface area contributed by atoms with E-state index in [4.69, 9.17) is 0 Å². The molecule has 0 heteroatoms. The van der Waals surface area contributed by atoms with E-state index in [1.807, 2.05) is 0 Å². The number of rotatable bonds is 5. The Morgan fingerprint density at radius 2 is 1.00 bits per heavy atom. The summed E-state index contributed by atoms with van der Waals surface area (Å²) < 4.78 is 0. The van der Waals surface area contributed by atoms with Gasteiger partial charge >= 0.3 is 0 Å². The molecule has 186 valence electrons. The summed E-state index contributed by atoms with van der Waals surface area (Å²) in [6.07, 6.45) is 1.11. The van der Waals surface area contributed by atoms with E-state index in [1.165, 1.54) is 71.6 Å². The highest BCUT2D eigenvalue weighted by molar-refractivity contribution is 6.16. The van der Waals surface area contributed by atoms with Gasteiger partial charge in [0.1, 0.15) is 0 Å². The fourth-order valence-electron chi connectivity index (χ4n) is 5.87. The van der Waals surface area contributed by atoms with E-state index in [-0.39, 0.29) is 0 Å². The van der Waals surface area contributed by atoms with Gasteiger partial charge in [-0.2, -0.15) is 0 Å². The first-order valence-corrected chi connectivity index (χ1v) is 13.8. The Hall–Kier alpha value is -4.16. The predicted molar refractivity (Wildman–Crippen MR) is 166 cm³/mol. The SMILES string of the molecule is CCC(C)c1ccc(-c2ccc(-c3ccc(C)cc3)cc2)cc1-c1c(C)c2ccccc2c2ccccc12. The molecule has 1 atom stereocenters. The van der Waals surface area contributed by atoms with Gasteiger partial charge in [-0.1, -0.05) is 129 Å². The van der Waals surface area contributed by atoms with E-state index in [2.05, 4.69) is 143 Å². The summed E-state index contributed by atoms with van der Waals surface area (Å²) in [7, 11) is 0. The monoisotopic (exact) mass is 490 g/mol. The predicted octanol–water partition coefficient (Wildman–Crippen LogP) is 11.1. The van der Waals surface area contributed by atoms with Crippen molar-refractivity contribution in [3.8, 4) is 33.4 Å². The zero-order valence-electron chi connectivity index (χ0n) is 22.8. The number of benzene rings is 6. The lowest BCUT2D eigenvalue weighted by Gasteiger charge is -2.21. The Labute approximate surface area is 226 Å².